The number of rotatable bonds is 2. The molecule has 2 aliphatic heterocycles. The lowest BCUT2D eigenvalue weighted by Crippen LogP contribution is -2.41. The summed E-state index contributed by atoms with van der Waals surface area (Å²) in [5, 5.41) is 0. The van der Waals surface area contributed by atoms with Gasteiger partial charge in [-0.15, -0.1) is 0 Å². The number of hydrogen-bond acceptors (Lipinski definition) is 5. The van der Waals surface area contributed by atoms with Crippen molar-refractivity contribution in [3.63, 3.8) is 0 Å². The first kappa shape index (κ1) is 18.6. The van der Waals surface area contributed by atoms with Crippen LogP contribution >= 0.6 is 0 Å². The molecule has 0 unspecified atom stereocenters. The van der Waals surface area contributed by atoms with Crippen molar-refractivity contribution in [3.05, 3.63) is 24.3 Å². The quantitative estimate of drug-likeness (QED) is 0.772. The van der Waals surface area contributed by atoms with Crippen LogP contribution in [0.2, 0.25) is 0 Å². The second-order valence-electron chi connectivity index (χ2n) is 9.24. The first-order valence-corrected chi connectivity index (χ1v) is 8.90. The number of nitrogens with zero attached hydrogens (tertiary/aromatic N) is 2. The van der Waals surface area contributed by atoms with Gasteiger partial charge in [0, 0.05) is 24.3 Å². The molecule has 1 aromatic rings. The van der Waals surface area contributed by atoms with Crippen LogP contribution in [0.1, 0.15) is 67.6 Å². The molecule has 1 fully saturated rings. The molecule has 3 heterocycles. The molecule has 25 heavy (non-hydrogen) atoms. The molecule has 0 N–H and O–H groups in total. The molecule has 0 saturated carbocycles. The maximum atomic E-state index is 6.09. The molecule has 1 saturated heterocycles. The van der Waals surface area contributed by atoms with E-state index in [0.717, 1.165) is 23.3 Å². The molecule has 0 aromatic carbocycles. The number of aromatic nitrogens is 2. The Labute approximate surface area is 151 Å². The van der Waals surface area contributed by atoms with Gasteiger partial charge in [0.25, 0.3) is 0 Å². The predicted octanol–water partition coefficient (Wildman–Crippen LogP) is 3.14. The lowest BCUT2D eigenvalue weighted by molar-refractivity contribution is -0.100. The average Bonchev–Trinajstić information content (AvgIpc) is 2.64. The summed E-state index contributed by atoms with van der Waals surface area (Å²) < 4.78 is 18.2. The van der Waals surface area contributed by atoms with Crippen molar-refractivity contribution in [3.8, 4) is 0 Å². The Morgan fingerprint density at radius 3 is 1.88 bits per heavy atom. The van der Waals surface area contributed by atoms with Gasteiger partial charge in [-0.2, -0.15) is 0 Å². The number of ether oxygens (including phenoxy) is 1. The summed E-state index contributed by atoms with van der Waals surface area (Å²) in [4.78, 5) is 9.16. The normalized spacial score (nSPS) is 26.4. The third-order valence-corrected chi connectivity index (χ3v) is 5.16. The Bertz CT molecular complexity index is 677. The monoisotopic (exact) mass is 344 g/mol. The zero-order valence-electron chi connectivity index (χ0n) is 16.6. The molecular weight excluding hydrogens is 315 g/mol. The highest BCUT2D eigenvalue weighted by Crippen LogP contribution is 2.38. The highest BCUT2D eigenvalue weighted by Gasteiger charge is 2.52. The second kappa shape index (κ2) is 5.63. The first-order chi connectivity index (χ1) is 11.3. The summed E-state index contributed by atoms with van der Waals surface area (Å²) in [7, 11) is -0.435. The largest absolute Gasteiger partial charge is 0.498 e. The minimum Gasteiger partial charge on any atom is -0.399 e. The SMILES string of the molecule is CC1(C)C=C(c2ncc(B3OC(C)(C)C(C)(C)O3)cn2)CC(C)(C)O1. The molecule has 0 amide bonds. The molecule has 2 aliphatic rings. The van der Waals surface area contributed by atoms with Crippen LogP contribution in [0.15, 0.2) is 18.5 Å². The zero-order valence-corrected chi connectivity index (χ0v) is 16.6. The molecule has 5 nitrogen and oxygen atoms in total. The average molecular weight is 344 g/mol. The van der Waals surface area contributed by atoms with E-state index in [1.165, 1.54) is 0 Å². The van der Waals surface area contributed by atoms with Gasteiger partial charge in [0.05, 0.1) is 22.4 Å². The van der Waals surface area contributed by atoms with Gasteiger partial charge in [-0.3, -0.25) is 0 Å². The summed E-state index contributed by atoms with van der Waals surface area (Å²) >= 11 is 0. The third kappa shape index (κ3) is 3.66. The fourth-order valence-corrected chi connectivity index (χ4v) is 3.46. The van der Waals surface area contributed by atoms with Crippen molar-refractivity contribution in [2.75, 3.05) is 0 Å². The van der Waals surface area contributed by atoms with E-state index in [9.17, 15) is 0 Å². The van der Waals surface area contributed by atoms with Crippen molar-refractivity contribution >= 4 is 18.2 Å². The van der Waals surface area contributed by atoms with Gasteiger partial charge < -0.3 is 14.0 Å². The molecule has 1 aromatic heterocycles. The van der Waals surface area contributed by atoms with Crippen molar-refractivity contribution < 1.29 is 14.0 Å². The first-order valence-electron chi connectivity index (χ1n) is 8.90. The van der Waals surface area contributed by atoms with Gasteiger partial charge in [-0.1, -0.05) is 0 Å². The summed E-state index contributed by atoms with van der Waals surface area (Å²) in [6.07, 6.45) is 6.51. The van der Waals surface area contributed by atoms with Crippen molar-refractivity contribution in [1.82, 2.24) is 9.97 Å². The van der Waals surface area contributed by atoms with Crippen LogP contribution in [0.25, 0.3) is 5.57 Å². The third-order valence-electron chi connectivity index (χ3n) is 5.16. The molecule has 0 atom stereocenters. The fraction of sp³-hybridized carbons (Fsp3) is 0.684. The smallest absolute Gasteiger partial charge is 0.399 e. The van der Waals surface area contributed by atoms with Gasteiger partial charge in [0.2, 0.25) is 0 Å². The van der Waals surface area contributed by atoms with Crippen molar-refractivity contribution in [2.45, 2.75) is 84.2 Å². The van der Waals surface area contributed by atoms with Crippen LogP contribution in [0.4, 0.5) is 0 Å². The Kier molecular flexibility index (Phi) is 4.18. The van der Waals surface area contributed by atoms with E-state index in [2.05, 4.69) is 43.7 Å². The van der Waals surface area contributed by atoms with Crippen molar-refractivity contribution in [2.24, 2.45) is 0 Å². The Morgan fingerprint density at radius 2 is 1.40 bits per heavy atom. The second-order valence-corrected chi connectivity index (χ2v) is 9.24. The van der Waals surface area contributed by atoms with Gasteiger partial charge in [0.1, 0.15) is 0 Å². The van der Waals surface area contributed by atoms with Gasteiger partial charge >= 0.3 is 7.12 Å². The Balaban J connectivity index is 1.83. The van der Waals surface area contributed by atoms with E-state index >= 15 is 0 Å². The number of hydrogen-bond donors (Lipinski definition) is 0. The molecule has 3 rings (SSSR count). The Hall–Kier alpha value is -1.24. The minimum atomic E-state index is -0.435. The highest BCUT2D eigenvalue weighted by atomic mass is 16.7. The van der Waals surface area contributed by atoms with Gasteiger partial charge in [0.15, 0.2) is 5.82 Å². The molecule has 0 spiro atoms. The van der Waals surface area contributed by atoms with Crippen LogP contribution < -0.4 is 5.46 Å². The Morgan fingerprint density at radius 1 is 0.880 bits per heavy atom. The van der Waals surface area contributed by atoms with E-state index in [0.29, 0.717) is 0 Å². The van der Waals surface area contributed by atoms with E-state index in [-0.39, 0.29) is 22.4 Å². The van der Waals surface area contributed by atoms with Crippen LogP contribution in [0, 0.1) is 0 Å². The maximum absolute atomic E-state index is 6.09. The lowest BCUT2D eigenvalue weighted by atomic mass is 9.81. The van der Waals surface area contributed by atoms with Crippen LogP contribution in [0.3, 0.4) is 0 Å². The van der Waals surface area contributed by atoms with E-state index < -0.39 is 7.12 Å². The molecule has 6 heteroatoms. The van der Waals surface area contributed by atoms with Crippen molar-refractivity contribution in [1.29, 1.82) is 0 Å². The fourth-order valence-electron chi connectivity index (χ4n) is 3.46. The van der Waals surface area contributed by atoms with Crippen LogP contribution in [-0.4, -0.2) is 39.5 Å². The predicted molar refractivity (Wildman–Crippen MR) is 99.6 cm³/mol. The molecule has 0 bridgehead atoms. The lowest BCUT2D eigenvalue weighted by Gasteiger charge is -2.39. The van der Waals surface area contributed by atoms with E-state index in [1.54, 1.807) is 12.4 Å². The zero-order chi connectivity index (χ0) is 18.7. The molecule has 136 valence electrons. The van der Waals surface area contributed by atoms with E-state index in [4.69, 9.17) is 14.0 Å². The summed E-state index contributed by atoms with van der Waals surface area (Å²) in [6, 6.07) is 0. The topological polar surface area (TPSA) is 53.5 Å². The summed E-state index contributed by atoms with van der Waals surface area (Å²) in [6.45, 7) is 16.5. The van der Waals surface area contributed by atoms with Crippen LogP contribution in [0.5, 0.6) is 0 Å². The molecule has 0 aliphatic carbocycles. The molecular formula is C19H29BN2O3. The minimum absolute atomic E-state index is 0.235. The molecule has 0 radical (unpaired) electrons. The van der Waals surface area contributed by atoms with E-state index in [1.807, 2.05) is 27.7 Å². The summed E-state index contributed by atoms with van der Waals surface area (Å²) in [5.41, 5.74) is 0.656. The standard InChI is InChI=1S/C19H29BN2O3/c1-16(2)9-13(10-17(3,4)23-16)15-21-11-14(12-22-15)20-24-18(5,6)19(7,8)25-20/h9,11-12H,10H2,1-8H3. The maximum Gasteiger partial charge on any atom is 0.498 e. The van der Waals surface area contributed by atoms with Gasteiger partial charge in [-0.25, -0.2) is 9.97 Å². The highest BCUT2D eigenvalue weighted by molar-refractivity contribution is 6.61. The van der Waals surface area contributed by atoms with Crippen LogP contribution in [-0.2, 0) is 14.0 Å². The van der Waals surface area contributed by atoms with Gasteiger partial charge in [-0.05, 0) is 67.0 Å². The summed E-state index contributed by atoms with van der Waals surface area (Å²) in [5.74, 6) is 0.740.